The van der Waals surface area contributed by atoms with Gasteiger partial charge in [-0.05, 0) is 13.5 Å². The van der Waals surface area contributed by atoms with Crippen LogP contribution in [0, 0.1) is 10.1 Å². The van der Waals surface area contributed by atoms with Gasteiger partial charge in [-0.15, -0.1) is 0 Å². The molecule has 0 N–H and O–H groups in total. The Balaban J connectivity index is 2.36. The molecule has 1 saturated heterocycles. The van der Waals surface area contributed by atoms with Gasteiger partial charge >= 0.3 is 0 Å². The standard InChI is InChI=1S/C13H16N2O3/c1-14-10-13(15(17)18,8-7-12(14)9-16)11-5-3-2-4-6-11/h2-6,9,12H,7-8,10H2,1H3. The van der Waals surface area contributed by atoms with Crippen molar-refractivity contribution in [2.24, 2.45) is 0 Å². The summed E-state index contributed by atoms with van der Waals surface area (Å²) in [5, 5.41) is 11.5. The number of carbonyl (C=O) groups excluding carboxylic acids is 1. The SMILES string of the molecule is CN1CC(c2ccccc2)([N+](=O)[O-])CCC1C=O. The van der Waals surface area contributed by atoms with Crippen LogP contribution in [-0.4, -0.2) is 35.7 Å². The molecule has 0 bridgehead atoms. The van der Waals surface area contributed by atoms with E-state index in [2.05, 4.69) is 0 Å². The van der Waals surface area contributed by atoms with E-state index >= 15 is 0 Å². The van der Waals surface area contributed by atoms with Gasteiger partial charge in [0.1, 0.15) is 6.29 Å². The lowest BCUT2D eigenvalue weighted by molar-refractivity contribution is -0.584. The maximum absolute atomic E-state index is 11.5. The highest BCUT2D eigenvalue weighted by atomic mass is 16.6. The number of hydrogen-bond acceptors (Lipinski definition) is 4. The Bertz CT molecular complexity index is 449. The fourth-order valence-corrected chi connectivity index (χ4v) is 2.63. The number of nitro groups is 1. The lowest BCUT2D eigenvalue weighted by Crippen LogP contribution is -2.53. The molecule has 1 heterocycles. The zero-order chi connectivity index (χ0) is 13.2. The van der Waals surface area contributed by atoms with Crippen LogP contribution in [0.4, 0.5) is 0 Å². The molecule has 0 amide bonds. The van der Waals surface area contributed by atoms with Crippen molar-refractivity contribution < 1.29 is 9.72 Å². The Hall–Kier alpha value is -1.75. The monoisotopic (exact) mass is 248 g/mol. The first-order chi connectivity index (χ1) is 8.60. The van der Waals surface area contributed by atoms with Crippen molar-refractivity contribution in [3.8, 4) is 0 Å². The molecule has 5 heteroatoms. The van der Waals surface area contributed by atoms with Crippen LogP contribution in [0.25, 0.3) is 0 Å². The van der Waals surface area contributed by atoms with Crippen molar-refractivity contribution in [2.75, 3.05) is 13.6 Å². The van der Waals surface area contributed by atoms with E-state index < -0.39 is 5.54 Å². The van der Waals surface area contributed by atoms with E-state index in [4.69, 9.17) is 0 Å². The second-order valence-corrected chi connectivity index (χ2v) is 4.81. The first-order valence-corrected chi connectivity index (χ1v) is 5.96. The van der Waals surface area contributed by atoms with Crippen LogP contribution in [0.2, 0.25) is 0 Å². The van der Waals surface area contributed by atoms with Crippen molar-refractivity contribution in [3.63, 3.8) is 0 Å². The number of rotatable bonds is 3. The van der Waals surface area contributed by atoms with Gasteiger partial charge in [0.05, 0.1) is 12.6 Å². The highest BCUT2D eigenvalue weighted by Gasteiger charge is 2.49. The Labute approximate surface area is 106 Å². The molecule has 0 saturated carbocycles. The molecule has 2 unspecified atom stereocenters. The van der Waals surface area contributed by atoms with Crippen molar-refractivity contribution in [2.45, 2.75) is 24.4 Å². The van der Waals surface area contributed by atoms with Gasteiger partial charge in [0, 0.05) is 16.9 Å². The Morgan fingerprint density at radius 3 is 2.61 bits per heavy atom. The summed E-state index contributed by atoms with van der Waals surface area (Å²) in [6.07, 6.45) is 1.79. The van der Waals surface area contributed by atoms with Gasteiger partial charge in [-0.25, -0.2) is 0 Å². The largest absolute Gasteiger partial charge is 0.302 e. The third kappa shape index (κ3) is 2.01. The molecule has 0 aromatic heterocycles. The predicted molar refractivity (Wildman–Crippen MR) is 66.8 cm³/mol. The van der Waals surface area contributed by atoms with Crippen LogP contribution in [-0.2, 0) is 10.3 Å². The van der Waals surface area contributed by atoms with Crippen molar-refractivity contribution >= 4 is 6.29 Å². The molecular weight excluding hydrogens is 232 g/mol. The summed E-state index contributed by atoms with van der Waals surface area (Å²) in [6, 6.07) is 8.84. The van der Waals surface area contributed by atoms with Crippen LogP contribution < -0.4 is 0 Å². The molecule has 1 aromatic carbocycles. The van der Waals surface area contributed by atoms with Gasteiger partial charge in [-0.2, -0.15) is 0 Å². The molecule has 5 nitrogen and oxygen atoms in total. The Kier molecular flexibility index (Phi) is 3.43. The van der Waals surface area contributed by atoms with Crippen molar-refractivity contribution in [1.29, 1.82) is 0 Å². The first-order valence-electron chi connectivity index (χ1n) is 5.96. The third-order valence-corrected chi connectivity index (χ3v) is 3.75. The maximum atomic E-state index is 11.5. The minimum atomic E-state index is -1.09. The van der Waals surface area contributed by atoms with E-state index in [9.17, 15) is 14.9 Å². The maximum Gasteiger partial charge on any atom is 0.259 e. The lowest BCUT2D eigenvalue weighted by Gasteiger charge is -2.38. The van der Waals surface area contributed by atoms with Crippen LogP contribution in [0.15, 0.2) is 30.3 Å². The molecule has 96 valence electrons. The quantitative estimate of drug-likeness (QED) is 0.461. The molecule has 18 heavy (non-hydrogen) atoms. The highest BCUT2D eigenvalue weighted by molar-refractivity contribution is 5.57. The summed E-state index contributed by atoms with van der Waals surface area (Å²) in [7, 11) is 1.76. The lowest BCUT2D eigenvalue weighted by atomic mass is 9.81. The van der Waals surface area contributed by atoms with Crippen LogP contribution in [0.3, 0.4) is 0 Å². The molecule has 0 radical (unpaired) electrons. The normalized spacial score (nSPS) is 28.8. The summed E-state index contributed by atoms with van der Waals surface area (Å²) < 4.78 is 0. The van der Waals surface area contributed by atoms with E-state index in [-0.39, 0.29) is 17.5 Å². The summed E-state index contributed by atoms with van der Waals surface area (Å²) in [5.41, 5.74) is -0.374. The van der Waals surface area contributed by atoms with Crippen LogP contribution in [0.1, 0.15) is 18.4 Å². The number of aldehydes is 1. The Morgan fingerprint density at radius 1 is 1.44 bits per heavy atom. The Morgan fingerprint density at radius 2 is 2.11 bits per heavy atom. The number of hydrogen-bond donors (Lipinski definition) is 0. The smallest absolute Gasteiger partial charge is 0.259 e. The molecule has 0 spiro atoms. The number of likely N-dealkylation sites (tertiary alicyclic amines) is 1. The molecule has 1 aromatic rings. The van der Waals surface area contributed by atoms with E-state index in [1.807, 2.05) is 18.2 Å². The summed E-state index contributed by atoms with van der Waals surface area (Å²) >= 11 is 0. The van der Waals surface area contributed by atoms with E-state index in [0.29, 0.717) is 18.4 Å². The van der Waals surface area contributed by atoms with Crippen molar-refractivity contribution in [3.05, 3.63) is 46.0 Å². The first kappa shape index (κ1) is 12.7. The van der Waals surface area contributed by atoms with Crippen LogP contribution >= 0.6 is 0 Å². The van der Waals surface area contributed by atoms with E-state index in [1.165, 1.54) is 0 Å². The molecule has 1 aliphatic rings. The van der Waals surface area contributed by atoms with Gasteiger partial charge < -0.3 is 4.79 Å². The molecule has 1 fully saturated rings. The molecule has 0 aliphatic carbocycles. The predicted octanol–water partition coefficient (Wildman–Crippen LogP) is 1.45. The third-order valence-electron chi connectivity index (χ3n) is 3.75. The fraction of sp³-hybridized carbons (Fsp3) is 0.462. The molecule has 2 rings (SSSR count). The summed E-state index contributed by atoms with van der Waals surface area (Å²) in [5.74, 6) is 0. The van der Waals surface area contributed by atoms with E-state index in [1.54, 1.807) is 24.1 Å². The number of benzene rings is 1. The number of likely N-dealkylation sites (N-methyl/N-ethyl adjacent to an activating group) is 1. The summed E-state index contributed by atoms with van der Waals surface area (Å²) in [6.45, 7) is 0.271. The number of nitrogens with zero attached hydrogens (tertiary/aromatic N) is 2. The van der Waals surface area contributed by atoms with Gasteiger partial charge in [-0.3, -0.25) is 15.0 Å². The minimum Gasteiger partial charge on any atom is -0.302 e. The van der Waals surface area contributed by atoms with Gasteiger partial charge in [0.25, 0.3) is 5.54 Å². The summed E-state index contributed by atoms with van der Waals surface area (Å²) in [4.78, 5) is 23.9. The van der Waals surface area contributed by atoms with Gasteiger partial charge in [0.2, 0.25) is 0 Å². The molecule has 1 aliphatic heterocycles. The van der Waals surface area contributed by atoms with Crippen molar-refractivity contribution in [1.82, 2.24) is 4.90 Å². The van der Waals surface area contributed by atoms with Gasteiger partial charge in [0.15, 0.2) is 0 Å². The second kappa shape index (κ2) is 4.86. The molecule has 2 atom stereocenters. The number of carbonyl (C=O) groups is 1. The zero-order valence-electron chi connectivity index (χ0n) is 10.3. The van der Waals surface area contributed by atoms with Crippen LogP contribution in [0.5, 0.6) is 0 Å². The minimum absolute atomic E-state index is 0.207. The second-order valence-electron chi connectivity index (χ2n) is 4.81. The molecular formula is C13H16N2O3. The van der Waals surface area contributed by atoms with Gasteiger partial charge in [-0.1, -0.05) is 30.3 Å². The topological polar surface area (TPSA) is 63.4 Å². The zero-order valence-corrected chi connectivity index (χ0v) is 10.3. The average molecular weight is 248 g/mol. The fourth-order valence-electron chi connectivity index (χ4n) is 2.63. The average Bonchev–Trinajstić information content (AvgIpc) is 2.39. The van der Waals surface area contributed by atoms with E-state index in [0.717, 1.165) is 6.29 Å². The highest BCUT2D eigenvalue weighted by Crippen LogP contribution is 2.35. The number of piperidine rings is 1.